The second kappa shape index (κ2) is 5.21. The molecule has 4 nitrogen and oxygen atoms in total. The molecule has 1 N–H and O–H groups in total. The maximum Gasteiger partial charge on any atom is 0.224 e. The fourth-order valence-corrected chi connectivity index (χ4v) is 3.19. The molecule has 0 spiro atoms. The van der Waals surface area contributed by atoms with Gasteiger partial charge in [-0.05, 0) is 25.1 Å². The molecule has 2 heterocycles. The molecule has 0 aromatic heterocycles. The van der Waals surface area contributed by atoms with Crippen molar-refractivity contribution in [3.8, 4) is 0 Å². The van der Waals surface area contributed by atoms with Crippen molar-refractivity contribution in [3.05, 3.63) is 30.3 Å². The van der Waals surface area contributed by atoms with Crippen molar-refractivity contribution in [1.29, 1.82) is 0 Å². The Balaban J connectivity index is 1.58. The van der Waals surface area contributed by atoms with Gasteiger partial charge in [0.25, 0.3) is 0 Å². The van der Waals surface area contributed by atoms with E-state index in [1.807, 2.05) is 18.2 Å². The standard InChI is InChI=1S/C15H21N3O/c1-17(12-5-3-2-4-6-12)9-10-18-14-7-8-16-13(14)11-15(18)19/h2-6,13-14,16H,7-11H2,1H3/t13-,14-/m1/s1. The number of hydrogen-bond donors (Lipinski definition) is 1. The first kappa shape index (κ1) is 12.5. The molecule has 1 amide bonds. The Morgan fingerprint density at radius 3 is 2.95 bits per heavy atom. The predicted octanol–water partition coefficient (Wildman–Crippen LogP) is 1.09. The Bertz CT molecular complexity index is 448. The number of carbonyl (C=O) groups excluding carboxylic acids is 1. The number of nitrogens with zero attached hydrogens (tertiary/aromatic N) is 2. The van der Waals surface area contributed by atoms with Gasteiger partial charge >= 0.3 is 0 Å². The lowest BCUT2D eigenvalue weighted by Crippen LogP contribution is -2.40. The van der Waals surface area contributed by atoms with Crippen molar-refractivity contribution in [2.24, 2.45) is 0 Å². The summed E-state index contributed by atoms with van der Waals surface area (Å²) in [7, 11) is 2.08. The molecule has 3 rings (SSSR count). The zero-order valence-corrected chi connectivity index (χ0v) is 11.4. The van der Waals surface area contributed by atoms with E-state index in [2.05, 4.69) is 34.3 Å². The first-order valence-corrected chi connectivity index (χ1v) is 7.05. The molecule has 2 saturated heterocycles. The van der Waals surface area contributed by atoms with Gasteiger partial charge in [0.05, 0.1) is 0 Å². The minimum Gasteiger partial charge on any atom is -0.373 e. The third kappa shape index (κ3) is 2.45. The summed E-state index contributed by atoms with van der Waals surface area (Å²) in [4.78, 5) is 16.3. The van der Waals surface area contributed by atoms with E-state index in [4.69, 9.17) is 0 Å². The van der Waals surface area contributed by atoms with Crippen molar-refractivity contribution in [2.45, 2.75) is 24.9 Å². The molecule has 1 aromatic rings. The SMILES string of the molecule is CN(CCN1C(=O)C[C@H]2NCC[C@H]21)c1ccccc1. The van der Waals surface area contributed by atoms with Crippen molar-refractivity contribution in [1.82, 2.24) is 10.2 Å². The molecular weight excluding hydrogens is 238 g/mol. The summed E-state index contributed by atoms with van der Waals surface area (Å²) in [5.41, 5.74) is 1.20. The first-order valence-electron chi connectivity index (χ1n) is 7.05. The second-order valence-electron chi connectivity index (χ2n) is 5.47. The Morgan fingerprint density at radius 2 is 2.16 bits per heavy atom. The fourth-order valence-electron chi connectivity index (χ4n) is 3.19. The minimum atomic E-state index is 0.309. The number of para-hydroxylation sites is 1. The number of nitrogens with one attached hydrogen (secondary N) is 1. The van der Waals surface area contributed by atoms with E-state index in [1.54, 1.807) is 0 Å². The number of likely N-dealkylation sites (N-methyl/N-ethyl adjacent to an activating group) is 1. The normalized spacial score (nSPS) is 25.7. The van der Waals surface area contributed by atoms with Crippen LogP contribution in [0.3, 0.4) is 0 Å². The van der Waals surface area contributed by atoms with Crippen LogP contribution in [0.25, 0.3) is 0 Å². The lowest BCUT2D eigenvalue weighted by molar-refractivity contribution is -0.128. The summed E-state index contributed by atoms with van der Waals surface area (Å²) in [6.45, 7) is 2.76. The van der Waals surface area contributed by atoms with Crippen LogP contribution < -0.4 is 10.2 Å². The number of hydrogen-bond acceptors (Lipinski definition) is 3. The van der Waals surface area contributed by atoms with E-state index in [9.17, 15) is 4.79 Å². The summed E-state index contributed by atoms with van der Waals surface area (Å²) in [5, 5.41) is 3.42. The lowest BCUT2D eigenvalue weighted by atomic mass is 10.1. The van der Waals surface area contributed by atoms with Gasteiger partial charge in [0.2, 0.25) is 5.91 Å². The van der Waals surface area contributed by atoms with E-state index in [0.29, 0.717) is 24.4 Å². The summed E-state index contributed by atoms with van der Waals surface area (Å²) in [6, 6.07) is 11.1. The van der Waals surface area contributed by atoms with Crippen LogP contribution in [0.1, 0.15) is 12.8 Å². The molecule has 0 saturated carbocycles. The van der Waals surface area contributed by atoms with Crippen molar-refractivity contribution in [3.63, 3.8) is 0 Å². The Hall–Kier alpha value is -1.55. The van der Waals surface area contributed by atoms with Crippen LogP contribution in [0.2, 0.25) is 0 Å². The number of benzene rings is 1. The molecule has 2 aliphatic rings. The van der Waals surface area contributed by atoms with E-state index < -0.39 is 0 Å². The van der Waals surface area contributed by atoms with Gasteiger partial charge in [-0.15, -0.1) is 0 Å². The predicted molar refractivity (Wildman–Crippen MR) is 76.2 cm³/mol. The van der Waals surface area contributed by atoms with E-state index in [-0.39, 0.29) is 0 Å². The van der Waals surface area contributed by atoms with Gasteiger partial charge < -0.3 is 15.1 Å². The fraction of sp³-hybridized carbons (Fsp3) is 0.533. The van der Waals surface area contributed by atoms with Crippen molar-refractivity contribution < 1.29 is 4.79 Å². The van der Waals surface area contributed by atoms with E-state index >= 15 is 0 Å². The molecule has 0 bridgehead atoms. The van der Waals surface area contributed by atoms with Gasteiger partial charge in [-0.1, -0.05) is 18.2 Å². The third-order valence-corrected chi connectivity index (χ3v) is 4.30. The molecule has 1 aromatic carbocycles. The first-order chi connectivity index (χ1) is 9.25. The van der Waals surface area contributed by atoms with Crippen LogP contribution in [-0.2, 0) is 4.79 Å². The molecule has 2 fully saturated rings. The highest BCUT2D eigenvalue weighted by Crippen LogP contribution is 2.25. The van der Waals surface area contributed by atoms with Crippen LogP contribution in [0.15, 0.2) is 30.3 Å². The van der Waals surface area contributed by atoms with Crippen LogP contribution in [0.5, 0.6) is 0 Å². The molecule has 102 valence electrons. The molecule has 2 atom stereocenters. The summed E-state index contributed by atoms with van der Waals surface area (Å²) in [5.74, 6) is 0.309. The molecular formula is C15H21N3O. The number of carbonyl (C=O) groups is 1. The van der Waals surface area contributed by atoms with Gasteiger partial charge in [0.15, 0.2) is 0 Å². The molecule has 0 aliphatic carbocycles. The number of likely N-dealkylation sites (tertiary alicyclic amines) is 1. The Morgan fingerprint density at radius 1 is 1.37 bits per heavy atom. The summed E-state index contributed by atoms with van der Waals surface area (Å²) >= 11 is 0. The minimum absolute atomic E-state index is 0.309. The molecule has 0 radical (unpaired) electrons. The average molecular weight is 259 g/mol. The van der Waals surface area contributed by atoms with Gasteiger partial charge in [0, 0.05) is 44.3 Å². The van der Waals surface area contributed by atoms with E-state index in [1.165, 1.54) is 5.69 Å². The maximum atomic E-state index is 12.0. The van der Waals surface area contributed by atoms with Gasteiger partial charge in [0.1, 0.15) is 0 Å². The van der Waals surface area contributed by atoms with Crippen LogP contribution in [0, 0.1) is 0 Å². The number of amides is 1. The lowest BCUT2D eigenvalue weighted by Gasteiger charge is -2.27. The smallest absolute Gasteiger partial charge is 0.224 e. The zero-order chi connectivity index (χ0) is 13.2. The third-order valence-electron chi connectivity index (χ3n) is 4.30. The zero-order valence-electron chi connectivity index (χ0n) is 11.4. The average Bonchev–Trinajstić information content (AvgIpc) is 2.98. The number of rotatable bonds is 4. The molecule has 0 unspecified atom stereocenters. The number of anilines is 1. The quantitative estimate of drug-likeness (QED) is 0.879. The Labute approximate surface area is 114 Å². The van der Waals surface area contributed by atoms with Crippen LogP contribution in [0.4, 0.5) is 5.69 Å². The van der Waals surface area contributed by atoms with Gasteiger partial charge in [-0.2, -0.15) is 0 Å². The van der Waals surface area contributed by atoms with E-state index in [0.717, 1.165) is 26.1 Å². The van der Waals surface area contributed by atoms with Crippen LogP contribution in [-0.4, -0.2) is 49.6 Å². The van der Waals surface area contributed by atoms with Gasteiger partial charge in [-0.25, -0.2) is 0 Å². The van der Waals surface area contributed by atoms with Crippen molar-refractivity contribution >= 4 is 11.6 Å². The maximum absolute atomic E-state index is 12.0. The van der Waals surface area contributed by atoms with Gasteiger partial charge in [-0.3, -0.25) is 4.79 Å². The Kier molecular flexibility index (Phi) is 3.42. The largest absolute Gasteiger partial charge is 0.373 e. The highest BCUT2D eigenvalue weighted by atomic mass is 16.2. The molecule has 19 heavy (non-hydrogen) atoms. The summed E-state index contributed by atoms with van der Waals surface area (Å²) in [6.07, 6.45) is 1.78. The molecule has 4 heteroatoms. The topological polar surface area (TPSA) is 35.6 Å². The highest BCUT2D eigenvalue weighted by molar-refractivity contribution is 5.80. The van der Waals surface area contributed by atoms with Crippen molar-refractivity contribution in [2.75, 3.05) is 31.6 Å². The second-order valence-corrected chi connectivity index (χ2v) is 5.47. The highest BCUT2D eigenvalue weighted by Gasteiger charge is 2.41. The molecule has 2 aliphatic heterocycles. The number of fused-ring (bicyclic) bond motifs is 1. The monoisotopic (exact) mass is 259 g/mol. The van der Waals surface area contributed by atoms with Crippen LogP contribution >= 0.6 is 0 Å². The summed E-state index contributed by atoms with van der Waals surface area (Å²) < 4.78 is 0.